The van der Waals surface area contributed by atoms with E-state index in [1.54, 1.807) is 7.11 Å². The first-order valence-electron chi connectivity index (χ1n) is 5.17. The van der Waals surface area contributed by atoms with Gasteiger partial charge in [0.25, 0.3) is 0 Å². The number of ether oxygens (including phenoxy) is 1. The number of aryl methyl sites for hydroxylation is 1. The molecule has 1 heterocycles. The van der Waals surface area contributed by atoms with E-state index in [0.29, 0.717) is 25.7 Å². The number of halogens is 1. The summed E-state index contributed by atoms with van der Waals surface area (Å²) in [6, 6.07) is 5.84. The van der Waals surface area contributed by atoms with Gasteiger partial charge in [0.2, 0.25) is 0 Å². The van der Waals surface area contributed by atoms with Crippen molar-refractivity contribution < 1.29 is 4.74 Å². The lowest BCUT2D eigenvalue weighted by Crippen LogP contribution is -2.34. The van der Waals surface area contributed by atoms with Crippen LogP contribution in [0, 0.1) is 6.92 Å². The lowest BCUT2D eigenvalue weighted by atomic mass is 10.3. The van der Waals surface area contributed by atoms with Crippen LogP contribution in [0.25, 0.3) is 0 Å². The van der Waals surface area contributed by atoms with Gasteiger partial charge in [0.1, 0.15) is 0 Å². The molecular weight excluding hydrogens is 331 g/mol. The van der Waals surface area contributed by atoms with E-state index in [1.165, 1.54) is 0 Å². The number of nitrogens with zero attached hydrogens (tertiary/aromatic N) is 2. The fourth-order valence-electron chi connectivity index (χ4n) is 1.19. The quantitative estimate of drug-likeness (QED) is 0.361. The maximum atomic E-state index is 5.66. The molecule has 0 atom stereocenters. The molecule has 96 valence electrons. The van der Waals surface area contributed by atoms with Gasteiger partial charge in [-0.3, -0.25) is 4.98 Å². The Bertz CT molecular complexity index is 357. The molecule has 0 spiro atoms. The highest BCUT2D eigenvalue weighted by Crippen LogP contribution is 1.99. The Labute approximate surface area is 119 Å². The lowest BCUT2D eigenvalue weighted by molar-refractivity contribution is 0.204. The third kappa shape index (κ3) is 7.11. The van der Waals surface area contributed by atoms with E-state index in [2.05, 4.69) is 15.3 Å². The molecule has 0 amide bonds. The lowest BCUT2D eigenvalue weighted by Gasteiger charge is -2.04. The SMILES string of the molecule is COCCNC(N)=NCc1cccc(C)n1.I. The van der Waals surface area contributed by atoms with Crippen molar-refractivity contribution in [2.75, 3.05) is 20.3 Å². The van der Waals surface area contributed by atoms with E-state index < -0.39 is 0 Å². The minimum atomic E-state index is 0. The number of aliphatic imine (C=N–C) groups is 1. The van der Waals surface area contributed by atoms with Crippen molar-refractivity contribution in [3.63, 3.8) is 0 Å². The minimum absolute atomic E-state index is 0. The Kier molecular flexibility index (Phi) is 8.69. The predicted octanol–water partition coefficient (Wildman–Crippen LogP) is 1.06. The van der Waals surface area contributed by atoms with E-state index in [9.17, 15) is 0 Å². The van der Waals surface area contributed by atoms with Gasteiger partial charge in [0.05, 0.1) is 18.8 Å². The zero-order valence-corrected chi connectivity index (χ0v) is 12.5. The van der Waals surface area contributed by atoms with Gasteiger partial charge in [0, 0.05) is 19.3 Å². The second-order valence-corrected chi connectivity index (χ2v) is 3.39. The molecule has 6 heteroatoms. The Hall–Kier alpha value is -0.890. The number of aromatic nitrogens is 1. The molecule has 1 aromatic rings. The molecule has 0 radical (unpaired) electrons. The highest BCUT2D eigenvalue weighted by molar-refractivity contribution is 14.0. The number of nitrogens with two attached hydrogens (primary N) is 1. The maximum Gasteiger partial charge on any atom is 0.189 e. The second-order valence-electron chi connectivity index (χ2n) is 3.39. The van der Waals surface area contributed by atoms with Gasteiger partial charge >= 0.3 is 0 Å². The smallest absolute Gasteiger partial charge is 0.189 e. The number of hydrogen-bond donors (Lipinski definition) is 2. The number of methoxy groups -OCH3 is 1. The monoisotopic (exact) mass is 350 g/mol. The molecule has 0 unspecified atom stereocenters. The van der Waals surface area contributed by atoms with Crippen molar-refractivity contribution in [3.8, 4) is 0 Å². The van der Waals surface area contributed by atoms with Gasteiger partial charge in [-0.15, -0.1) is 24.0 Å². The van der Waals surface area contributed by atoms with Crippen LogP contribution in [0.5, 0.6) is 0 Å². The van der Waals surface area contributed by atoms with Gasteiger partial charge in [0.15, 0.2) is 5.96 Å². The Balaban J connectivity index is 0.00000256. The minimum Gasteiger partial charge on any atom is -0.383 e. The average molecular weight is 350 g/mol. The molecule has 0 saturated heterocycles. The van der Waals surface area contributed by atoms with Crippen LogP contribution in [-0.4, -0.2) is 31.2 Å². The summed E-state index contributed by atoms with van der Waals surface area (Å²) in [5.41, 5.74) is 7.55. The summed E-state index contributed by atoms with van der Waals surface area (Å²) in [5.74, 6) is 0.417. The summed E-state index contributed by atoms with van der Waals surface area (Å²) in [5, 5.41) is 2.94. The summed E-state index contributed by atoms with van der Waals surface area (Å²) >= 11 is 0. The van der Waals surface area contributed by atoms with Crippen molar-refractivity contribution in [2.45, 2.75) is 13.5 Å². The predicted molar refractivity (Wildman–Crippen MR) is 79.6 cm³/mol. The highest BCUT2D eigenvalue weighted by Gasteiger charge is 1.94. The van der Waals surface area contributed by atoms with Crippen LogP contribution < -0.4 is 11.1 Å². The molecule has 0 aliphatic carbocycles. The molecule has 0 aliphatic rings. The molecule has 0 fully saturated rings. The van der Waals surface area contributed by atoms with E-state index >= 15 is 0 Å². The van der Waals surface area contributed by atoms with Gasteiger partial charge in [-0.2, -0.15) is 0 Å². The van der Waals surface area contributed by atoms with Crippen LogP contribution in [0.3, 0.4) is 0 Å². The van der Waals surface area contributed by atoms with Gasteiger partial charge in [-0.05, 0) is 19.1 Å². The van der Waals surface area contributed by atoms with Gasteiger partial charge in [-0.1, -0.05) is 6.07 Å². The third-order valence-electron chi connectivity index (χ3n) is 1.97. The topological polar surface area (TPSA) is 72.5 Å². The Morgan fingerprint density at radius 3 is 2.94 bits per heavy atom. The molecule has 0 aliphatic heterocycles. The van der Waals surface area contributed by atoms with Crippen LogP contribution in [-0.2, 0) is 11.3 Å². The molecule has 1 rings (SSSR count). The fraction of sp³-hybridized carbons (Fsp3) is 0.455. The van der Waals surface area contributed by atoms with Crippen molar-refractivity contribution >= 4 is 29.9 Å². The van der Waals surface area contributed by atoms with E-state index in [1.807, 2.05) is 25.1 Å². The molecule has 1 aromatic heterocycles. The van der Waals surface area contributed by atoms with E-state index in [-0.39, 0.29) is 24.0 Å². The summed E-state index contributed by atoms with van der Waals surface area (Å²) < 4.78 is 4.89. The van der Waals surface area contributed by atoms with E-state index in [0.717, 1.165) is 11.4 Å². The van der Waals surface area contributed by atoms with Crippen LogP contribution in [0.2, 0.25) is 0 Å². The Morgan fingerprint density at radius 1 is 1.53 bits per heavy atom. The molecule has 17 heavy (non-hydrogen) atoms. The number of nitrogens with one attached hydrogen (secondary N) is 1. The van der Waals surface area contributed by atoms with Crippen LogP contribution >= 0.6 is 24.0 Å². The average Bonchev–Trinajstić information content (AvgIpc) is 2.27. The number of guanidine groups is 1. The zero-order valence-electron chi connectivity index (χ0n) is 10.1. The molecule has 5 nitrogen and oxygen atoms in total. The van der Waals surface area contributed by atoms with Crippen LogP contribution in [0.1, 0.15) is 11.4 Å². The van der Waals surface area contributed by atoms with Crippen LogP contribution in [0.4, 0.5) is 0 Å². The first-order chi connectivity index (χ1) is 7.72. The number of rotatable bonds is 5. The summed E-state index contributed by atoms with van der Waals surface area (Å²) in [6.07, 6.45) is 0. The van der Waals surface area contributed by atoms with Gasteiger partial charge in [-0.25, -0.2) is 4.99 Å². The molecule has 0 bridgehead atoms. The fourth-order valence-corrected chi connectivity index (χ4v) is 1.19. The molecular formula is C11H19IN4O. The molecule has 0 saturated carbocycles. The standard InChI is InChI=1S/C11H18N4O.HI/c1-9-4-3-5-10(15-9)8-14-11(12)13-6-7-16-2;/h3-5H,6-8H2,1-2H3,(H3,12,13,14);1H. The number of hydrogen-bond acceptors (Lipinski definition) is 3. The van der Waals surface area contributed by atoms with Crippen molar-refractivity contribution in [3.05, 3.63) is 29.6 Å². The van der Waals surface area contributed by atoms with Gasteiger partial charge < -0.3 is 15.8 Å². The zero-order chi connectivity index (χ0) is 11.8. The first kappa shape index (κ1) is 16.1. The second kappa shape index (κ2) is 9.17. The molecule has 3 N–H and O–H groups in total. The molecule has 0 aromatic carbocycles. The summed E-state index contributed by atoms with van der Waals surface area (Å²) in [7, 11) is 1.64. The van der Waals surface area contributed by atoms with Crippen molar-refractivity contribution in [1.29, 1.82) is 0 Å². The first-order valence-corrected chi connectivity index (χ1v) is 5.17. The van der Waals surface area contributed by atoms with Crippen LogP contribution in [0.15, 0.2) is 23.2 Å². The van der Waals surface area contributed by atoms with Crippen molar-refractivity contribution in [2.24, 2.45) is 10.7 Å². The maximum absolute atomic E-state index is 5.66. The summed E-state index contributed by atoms with van der Waals surface area (Å²) in [4.78, 5) is 8.50. The largest absolute Gasteiger partial charge is 0.383 e. The summed E-state index contributed by atoms with van der Waals surface area (Å²) in [6.45, 7) is 3.72. The number of pyridine rings is 1. The highest BCUT2D eigenvalue weighted by atomic mass is 127. The normalized spacial score (nSPS) is 10.8. The van der Waals surface area contributed by atoms with E-state index in [4.69, 9.17) is 10.5 Å². The van der Waals surface area contributed by atoms with Crippen molar-refractivity contribution in [1.82, 2.24) is 10.3 Å². The Morgan fingerprint density at radius 2 is 2.29 bits per heavy atom. The third-order valence-corrected chi connectivity index (χ3v) is 1.97.